The van der Waals surface area contributed by atoms with Crippen LogP contribution >= 0.6 is 0 Å². The molecule has 0 bridgehead atoms. The van der Waals surface area contributed by atoms with E-state index in [0.29, 0.717) is 18.0 Å². The van der Waals surface area contributed by atoms with Crippen LogP contribution in [0.15, 0.2) is 18.2 Å². The van der Waals surface area contributed by atoms with E-state index in [9.17, 15) is 20.4 Å². The van der Waals surface area contributed by atoms with Gasteiger partial charge in [0.25, 0.3) is 0 Å². The summed E-state index contributed by atoms with van der Waals surface area (Å²) in [5, 5.41) is 42.7. The first kappa shape index (κ1) is 22.9. The van der Waals surface area contributed by atoms with E-state index in [1.807, 2.05) is 46.8 Å². The Labute approximate surface area is 166 Å². The Morgan fingerprint density at radius 2 is 1.79 bits per heavy atom. The Bertz CT molecular complexity index is 629. The summed E-state index contributed by atoms with van der Waals surface area (Å²) in [4.78, 5) is 0. The molecule has 1 aliphatic heterocycles. The molecule has 28 heavy (non-hydrogen) atoms. The molecule has 5 unspecified atom stereocenters. The molecule has 0 saturated carbocycles. The molecule has 0 aliphatic carbocycles. The van der Waals surface area contributed by atoms with Crippen LogP contribution in [-0.4, -0.2) is 69.4 Å². The molecule has 1 aromatic carbocycles. The van der Waals surface area contributed by atoms with Gasteiger partial charge in [-0.15, -0.1) is 0 Å². The number of anilines is 1. The van der Waals surface area contributed by atoms with Gasteiger partial charge in [-0.2, -0.15) is 0 Å². The Balaban J connectivity index is 2.21. The molecule has 0 spiro atoms. The third-order valence-corrected chi connectivity index (χ3v) is 4.25. The summed E-state index contributed by atoms with van der Waals surface area (Å²) in [6, 6.07) is 5.59. The summed E-state index contributed by atoms with van der Waals surface area (Å²) in [6.45, 7) is 9.83. The molecule has 0 radical (unpaired) electrons. The molecular formula is C20H33NO7. The number of ether oxygens (including phenoxy) is 3. The van der Waals surface area contributed by atoms with Crippen molar-refractivity contribution in [2.75, 3.05) is 11.9 Å². The summed E-state index contributed by atoms with van der Waals surface area (Å²) in [7, 11) is 0. The lowest BCUT2D eigenvalue weighted by atomic mass is 9.99. The van der Waals surface area contributed by atoms with Crippen molar-refractivity contribution in [3.63, 3.8) is 0 Å². The van der Waals surface area contributed by atoms with Crippen LogP contribution in [0.5, 0.6) is 5.75 Å². The zero-order valence-corrected chi connectivity index (χ0v) is 17.1. The largest absolute Gasteiger partial charge is 0.460 e. The molecule has 5 N–H and O–H groups in total. The number of hydrogen-bond acceptors (Lipinski definition) is 8. The van der Waals surface area contributed by atoms with Gasteiger partial charge in [-0.3, -0.25) is 0 Å². The normalized spacial score (nSPS) is 28.4. The number of benzene rings is 1. The van der Waals surface area contributed by atoms with Gasteiger partial charge in [0.1, 0.15) is 30.2 Å². The predicted molar refractivity (Wildman–Crippen MR) is 104 cm³/mol. The van der Waals surface area contributed by atoms with Gasteiger partial charge in [0.15, 0.2) is 0 Å². The molecule has 0 aromatic heterocycles. The maximum Gasteiger partial charge on any atom is 0.229 e. The van der Waals surface area contributed by atoms with Crippen LogP contribution in [0.4, 0.5) is 5.69 Å². The number of hydrogen-bond donors (Lipinski definition) is 5. The zero-order valence-electron chi connectivity index (χ0n) is 17.1. The van der Waals surface area contributed by atoms with E-state index in [-0.39, 0.29) is 11.6 Å². The average Bonchev–Trinajstić information content (AvgIpc) is 2.61. The Morgan fingerprint density at radius 3 is 2.36 bits per heavy atom. The van der Waals surface area contributed by atoms with E-state index in [0.717, 1.165) is 5.56 Å². The fourth-order valence-corrected chi connectivity index (χ4v) is 2.78. The molecule has 8 nitrogen and oxygen atoms in total. The van der Waals surface area contributed by atoms with Crippen molar-refractivity contribution < 1.29 is 34.6 Å². The molecule has 2 rings (SSSR count). The lowest BCUT2D eigenvalue weighted by Gasteiger charge is -2.39. The van der Waals surface area contributed by atoms with Crippen LogP contribution in [0.25, 0.3) is 0 Å². The van der Waals surface area contributed by atoms with Gasteiger partial charge in [-0.25, -0.2) is 0 Å². The quantitative estimate of drug-likeness (QED) is 0.461. The maximum atomic E-state index is 10.2. The second-order valence-electron chi connectivity index (χ2n) is 8.35. The van der Waals surface area contributed by atoms with Crippen molar-refractivity contribution in [3.8, 4) is 5.75 Å². The predicted octanol–water partition coefficient (Wildman–Crippen LogP) is 1.00. The van der Waals surface area contributed by atoms with Gasteiger partial charge in [-0.05, 0) is 52.3 Å². The van der Waals surface area contributed by atoms with E-state index in [4.69, 9.17) is 14.2 Å². The standard InChI is InChI=1S/C20H33NO7/c1-11(2)21-13-8-12(10-26-20(3,4)5)6-7-14(13)27-19-18(25)17(24)16(23)15(9-22)28-19/h6-8,11,15-19,21-25H,9-10H2,1-5H3. The summed E-state index contributed by atoms with van der Waals surface area (Å²) in [5.41, 5.74) is 1.36. The molecule has 1 fully saturated rings. The lowest BCUT2D eigenvalue weighted by Crippen LogP contribution is -2.60. The van der Waals surface area contributed by atoms with Crippen LogP contribution in [0, 0.1) is 0 Å². The minimum atomic E-state index is -1.49. The van der Waals surface area contributed by atoms with Gasteiger partial charge in [0.2, 0.25) is 6.29 Å². The number of aliphatic hydroxyl groups is 4. The first-order valence-corrected chi connectivity index (χ1v) is 9.52. The second-order valence-corrected chi connectivity index (χ2v) is 8.35. The van der Waals surface area contributed by atoms with Crippen LogP contribution in [-0.2, 0) is 16.1 Å². The Morgan fingerprint density at radius 1 is 1.11 bits per heavy atom. The third-order valence-electron chi connectivity index (χ3n) is 4.25. The van der Waals surface area contributed by atoms with E-state index >= 15 is 0 Å². The average molecular weight is 399 g/mol. The van der Waals surface area contributed by atoms with Gasteiger partial charge in [0, 0.05) is 6.04 Å². The second kappa shape index (κ2) is 9.39. The fraction of sp³-hybridized carbons (Fsp3) is 0.700. The minimum absolute atomic E-state index is 0.121. The van der Waals surface area contributed by atoms with Crippen molar-refractivity contribution in [2.24, 2.45) is 0 Å². The molecular weight excluding hydrogens is 366 g/mol. The highest BCUT2D eigenvalue weighted by atomic mass is 16.7. The highest BCUT2D eigenvalue weighted by Gasteiger charge is 2.44. The number of aliphatic hydroxyl groups excluding tert-OH is 4. The van der Waals surface area contributed by atoms with Crippen molar-refractivity contribution in [1.82, 2.24) is 0 Å². The SMILES string of the molecule is CC(C)Nc1cc(COC(C)(C)C)ccc1OC1OC(CO)C(O)C(O)C1O. The van der Waals surface area contributed by atoms with E-state index in [1.165, 1.54) is 0 Å². The summed E-state index contributed by atoms with van der Waals surface area (Å²) < 4.78 is 17.0. The molecule has 1 aliphatic rings. The summed E-state index contributed by atoms with van der Waals surface area (Å²) >= 11 is 0. The van der Waals surface area contributed by atoms with Crippen LogP contribution in [0.1, 0.15) is 40.2 Å². The van der Waals surface area contributed by atoms with Gasteiger partial charge < -0.3 is 40.0 Å². The van der Waals surface area contributed by atoms with Crippen molar-refractivity contribution in [1.29, 1.82) is 0 Å². The van der Waals surface area contributed by atoms with E-state index in [1.54, 1.807) is 6.07 Å². The maximum absolute atomic E-state index is 10.2. The molecule has 8 heteroatoms. The van der Waals surface area contributed by atoms with Crippen LogP contribution in [0.3, 0.4) is 0 Å². The van der Waals surface area contributed by atoms with E-state index in [2.05, 4.69) is 5.32 Å². The first-order valence-electron chi connectivity index (χ1n) is 9.52. The third kappa shape index (κ3) is 6.04. The fourth-order valence-electron chi connectivity index (χ4n) is 2.78. The van der Waals surface area contributed by atoms with Crippen LogP contribution in [0.2, 0.25) is 0 Å². The molecule has 160 valence electrons. The van der Waals surface area contributed by atoms with Crippen molar-refractivity contribution >= 4 is 5.69 Å². The summed E-state index contributed by atoms with van der Waals surface area (Å²) in [6.07, 6.45) is -6.64. The number of nitrogens with one attached hydrogen (secondary N) is 1. The van der Waals surface area contributed by atoms with Gasteiger partial charge in [0.05, 0.1) is 24.5 Å². The number of rotatable bonds is 7. The minimum Gasteiger partial charge on any atom is -0.460 e. The van der Waals surface area contributed by atoms with Crippen molar-refractivity contribution in [3.05, 3.63) is 23.8 Å². The summed E-state index contributed by atoms with van der Waals surface area (Å²) in [5.74, 6) is 0.414. The topological polar surface area (TPSA) is 121 Å². The Hall–Kier alpha value is -1.42. The van der Waals surface area contributed by atoms with E-state index < -0.39 is 37.3 Å². The lowest BCUT2D eigenvalue weighted by molar-refractivity contribution is -0.277. The molecule has 1 heterocycles. The van der Waals surface area contributed by atoms with Crippen LogP contribution < -0.4 is 10.1 Å². The first-order chi connectivity index (χ1) is 13.0. The van der Waals surface area contributed by atoms with Gasteiger partial charge in [-0.1, -0.05) is 6.07 Å². The zero-order chi connectivity index (χ0) is 21.1. The Kier molecular flexibility index (Phi) is 7.66. The molecule has 5 atom stereocenters. The van der Waals surface area contributed by atoms with Gasteiger partial charge >= 0.3 is 0 Å². The smallest absolute Gasteiger partial charge is 0.229 e. The molecule has 1 aromatic rings. The monoisotopic (exact) mass is 399 g/mol. The molecule has 1 saturated heterocycles. The highest BCUT2D eigenvalue weighted by Crippen LogP contribution is 2.31. The molecule has 0 amide bonds. The van der Waals surface area contributed by atoms with Crippen molar-refractivity contribution in [2.45, 2.75) is 83.6 Å². The highest BCUT2D eigenvalue weighted by molar-refractivity contribution is 5.58.